The zero-order valence-corrected chi connectivity index (χ0v) is 17.4. The van der Waals surface area contributed by atoms with E-state index in [9.17, 15) is 21.6 Å². The molecule has 0 aliphatic heterocycles. The first-order chi connectivity index (χ1) is 13.7. The SMILES string of the molecule is CC(C)(C)c1ncc(S(=O)(=O)NCC2CC(n3ccnc3)C2)o1.O=C(O)C(F)(F)F. The molecule has 1 saturated carbocycles. The van der Waals surface area contributed by atoms with E-state index in [-0.39, 0.29) is 10.5 Å². The molecule has 0 amide bonds. The molecular weight excluding hydrogens is 429 g/mol. The number of aromatic nitrogens is 3. The Bertz CT molecular complexity index is 943. The number of halogens is 3. The second kappa shape index (κ2) is 8.76. The fourth-order valence-corrected chi connectivity index (χ4v) is 3.60. The minimum Gasteiger partial charge on any atom is -0.475 e. The Labute approximate surface area is 171 Å². The van der Waals surface area contributed by atoms with Gasteiger partial charge in [0.05, 0.1) is 12.5 Å². The number of sulfonamides is 1. The van der Waals surface area contributed by atoms with Crippen LogP contribution in [0.1, 0.15) is 45.5 Å². The summed E-state index contributed by atoms with van der Waals surface area (Å²) < 4.78 is 66.4. The van der Waals surface area contributed by atoms with Crippen LogP contribution in [0.15, 0.2) is 34.4 Å². The zero-order chi connectivity index (χ0) is 22.7. The van der Waals surface area contributed by atoms with Crippen molar-refractivity contribution in [3.8, 4) is 0 Å². The molecule has 9 nitrogen and oxygen atoms in total. The topological polar surface area (TPSA) is 127 Å². The van der Waals surface area contributed by atoms with E-state index >= 15 is 0 Å². The third-order valence-corrected chi connectivity index (χ3v) is 5.62. The van der Waals surface area contributed by atoms with Crippen molar-refractivity contribution >= 4 is 16.0 Å². The Morgan fingerprint density at radius 3 is 2.37 bits per heavy atom. The predicted octanol–water partition coefficient (Wildman–Crippen LogP) is 2.73. The number of carboxylic acid groups (broad SMARTS) is 1. The molecule has 1 aliphatic rings. The maximum absolute atomic E-state index is 12.3. The Morgan fingerprint density at radius 2 is 1.93 bits per heavy atom. The normalized spacial score (nSPS) is 19.5. The molecule has 13 heteroatoms. The molecule has 0 saturated heterocycles. The predicted molar refractivity (Wildman–Crippen MR) is 98.1 cm³/mol. The summed E-state index contributed by atoms with van der Waals surface area (Å²) >= 11 is 0. The van der Waals surface area contributed by atoms with Crippen LogP contribution < -0.4 is 4.72 Å². The molecule has 1 fully saturated rings. The van der Waals surface area contributed by atoms with Gasteiger partial charge in [-0.05, 0) is 18.8 Å². The number of nitrogens with one attached hydrogen (secondary N) is 1. The molecule has 2 aromatic rings. The molecule has 1 aliphatic carbocycles. The fraction of sp³-hybridized carbons (Fsp3) is 0.588. The molecule has 0 unspecified atom stereocenters. The number of hydrogen-bond donors (Lipinski definition) is 2. The highest BCUT2D eigenvalue weighted by molar-refractivity contribution is 7.89. The van der Waals surface area contributed by atoms with Crippen molar-refractivity contribution in [2.24, 2.45) is 5.92 Å². The lowest BCUT2D eigenvalue weighted by molar-refractivity contribution is -0.192. The molecule has 2 heterocycles. The molecule has 2 N–H and O–H groups in total. The summed E-state index contributed by atoms with van der Waals surface area (Å²) in [5.74, 6) is -2.00. The van der Waals surface area contributed by atoms with Gasteiger partial charge >= 0.3 is 12.1 Å². The molecule has 0 bridgehead atoms. The third kappa shape index (κ3) is 6.29. The Kier molecular flexibility index (Phi) is 6.97. The Balaban J connectivity index is 0.000000396. The summed E-state index contributed by atoms with van der Waals surface area (Å²) in [5.41, 5.74) is -0.320. The van der Waals surface area contributed by atoms with E-state index in [0.717, 1.165) is 12.8 Å². The van der Waals surface area contributed by atoms with Crippen molar-refractivity contribution in [3.63, 3.8) is 0 Å². The third-order valence-electron chi connectivity index (χ3n) is 4.35. The lowest BCUT2D eigenvalue weighted by atomic mass is 9.80. The quantitative estimate of drug-likeness (QED) is 0.714. The first kappa shape index (κ1) is 23.9. The van der Waals surface area contributed by atoms with E-state index in [1.165, 1.54) is 6.20 Å². The van der Waals surface area contributed by atoms with Crippen molar-refractivity contribution in [2.45, 2.75) is 56.3 Å². The molecule has 3 rings (SSSR count). The summed E-state index contributed by atoms with van der Waals surface area (Å²) in [7, 11) is -3.64. The number of nitrogens with zero attached hydrogens (tertiary/aromatic N) is 3. The van der Waals surface area contributed by atoms with Crippen molar-refractivity contribution in [3.05, 3.63) is 30.8 Å². The fourth-order valence-electron chi connectivity index (χ4n) is 2.63. The first-order valence-electron chi connectivity index (χ1n) is 8.93. The van der Waals surface area contributed by atoms with Crippen LogP contribution in [-0.4, -0.2) is 46.7 Å². The number of oxazole rings is 1. The van der Waals surface area contributed by atoms with Gasteiger partial charge in [-0.15, -0.1) is 0 Å². The Hall–Kier alpha value is -2.41. The smallest absolute Gasteiger partial charge is 0.475 e. The van der Waals surface area contributed by atoms with Gasteiger partial charge in [0, 0.05) is 30.4 Å². The van der Waals surface area contributed by atoms with Gasteiger partial charge in [0.2, 0.25) is 5.89 Å². The molecule has 30 heavy (non-hydrogen) atoms. The summed E-state index contributed by atoms with van der Waals surface area (Å²) in [4.78, 5) is 17.0. The number of alkyl halides is 3. The number of aliphatic carboxylic acids is 1. The van der Waals surface area contributed by atoms with Gasteiger partial charge in [-0.1, -0.05) is 20.8 Å². The number of carboxylic acids is 1. The van der Waals surface area contributed by atoms with Gasteiger partial charge < -0.3 is 14.1 Å². The maximum Gasteiger partial charge on any atom is 0.490 e. The van der Waals surface area contributed by atoms with Crippen LogP contribution in [0.25, 0.3) is 0 Å². The van der Waals surface area contributed by atoms with E-state index in [4.69, 9.17) is 14.3 Å². The lowest BCUT2D eigenvalue weighted by Crippen LogP contribution is -2.36. The number of hydrogen-bond acceptors (Lipinski definition) is 6. The highest BCUT2D eigenvalue weighted by Crippen LogP contribution is 2.37. The zero-order valence-electron chi connectivity index (χ0n) is 16.5. The van der Waals surface area contributed by atoms with E-state index in [1.54, 1.807) is 12.5 Å². The standard InChI is InChI=1S/C15H22N4O3S.C2HF3O2/c1-15(2,3)14-17-9-13(22-14)23(20,21)18-8-11-6-12(7-11)19-5-4-16-10-19;3-2(4,5)1(6)7/h4-5,9-12,18H,6-8H2,1-3H3;(H,6,7). The average molecular weight is 452 g/mol. The van der Waals surface area contributed by atoms with Gasteiger partial charge in [-0.25, -0.2) is 27.9 Å². The molecular formula is C17H23F3N4O5S. The molecule has 0 aromatic carbocycles. The molecule has 0 spiro atoms. The van der Waals surface area contributed by atoms with Crippen LogP contribution in [0.2, 0.25) is 0 Å². The van der Waals surface area contributed by atoms with E-state index in [1.807, 2.05) is 27.0 Å². The van der Waals surface area contributed by atoms with Crippen molar-refractivity contribution in [2.75, 3.05) is 6.54 Å². The summed E-state index contributed by atoms with van der Waals surface area (Å²) in [6.45, 7) is 6.19. The number of rotatable bonds is 5. The van der Waals surface area contributed by atoms with Crippen molar-refractivity contribution in [1.29, 1.82) is 0 Å². The van der Waals surface area contributed by atoms with Crippen molar-refractivity contribution < 1.29 is 35.9 Å². The van der Waals surface area contributed by atoms with E-state index in [0.29, 0.717) is 24.4 Å². The minimum absolute atomic E-state index is 0.118. The summed E-state index contributed by atoms with van der Waals surface area (Å²) in [6.07, 6.45) is 3.58. The molecule has 0 atom stereocenters. The van der Waals surface area contributed by atoms with Crippen LogP contribution >= 0.6 is 0 Å². The van der Waals surface area contributed by atoms with Crippen LogP contribution in [0.5, 0.6) is 0 Å². The van der Waals surface area contributed by atoms with Gasteiger partial charge in [0.1, 0.15) is 0 Å². The van der Waals surface area contributed by atoms with Gasteiger partial charge in [0.15, 0.2) is 0 Å². The minimum atomic E-state index is -5.08. The summed E-state index contributed by atoms with van der Waals surface area (Å²) in [5, 5.41) is 7.01. The van der Waals surface area contributed by atoms with Gasteiger partial charge in [0.25, 0.3) is 15.1 Å². The van der Waals surface area contributed by atoms with Gasteiger partial charge in [-0.3, -0.25) is 0 Å². The monoisotopic (exact) mass is 452 g/mol. The van der Waals surface area contributed by atoms with Crippen LogP contribution in [0.3, 0.4) is 0 Å². The lowest BCUT2D eigenvalue weighted by Gasteiger charge is -2.36. The molecule has 2 aromatic heterocycles. The number of carbonyl (C=O) groups is 1. The highest BCUT2D eigenvalue weighted by atomic mass is 32.2. The van der Waals surface area contributed by atoms with Crippen LogP contribution in [0, 0.1) is 5.92 Å². The van der Waals surface area contributed by atoms with Crippen molar-refractivity contribution in [1.82, 2.24) is 19.3 Å². The second-order valence-electron chi connectivity index (χ2n) is 7.89. The average Bonchev–Trinajstić information content (AvgIpc) is 3.24. The highest BCUT2D eigenvalue weighted by Gasteiger charge is 2.38. The largest absolute Gasteiger partial charge is 0.490 e. The van der Waals surface area contributed by atoms with Gasteiger partial charge in [-0.2, -0.15) is 13.2 Å². The van der Waals surface area contributed by atoms with E-state index in [2.05, 4.69) is 19.3 Å². The second-order valence-corrected chi connectivity index (χ2v) is 9.59. The maximum atomic E-state index is 12.3. The number of imidazole rings is 1. The molecule has 0 radical (unpaired) electrons. The first-order valence-corrected chi connectivity index (χ1v) is 10.4. The summed E-state index contributed by atoms with van der Waals surface area (Å²) in [6, 6.07) is 0.421. The van der Waals surface area contributed by atoms with E-state index < -0.39 is 22.2 Å². The van der Waals surface area contributed by atoms with Crippen LogP contribution in [0.4, 0.5) is 13.2 Å². The Morgan fingerprint density at radius 1 is 1.33 bits per heavy atom. The van der Waals surface area contributed by atoms with Crippen LogP contribution in [-0.2, 0) is 20.2 Å². The molecule has 168 valence electrons.